The van der Waals surface area contributed by atoms with Gasteiger partial charge >= 0.3 is 0 Å². The van der Waals surface area contributed by atoms with E-state index >= 15 is 0 Å². The van der Waals surface area contributed by atoms with Crippen LogP contribution in [-0.4, -0.2) is 24.2 Å². The molecule has 3 rings (SSSR count). The summed E-state index contributed by atoms with van der Waals surface area (Å²) in [6, 6.07) is 7.68. The van der Waals surface area contributed by atoms with Gasteiger partial charge in [-0.15, -0.1) is 0 Å². The molecule has 2 aromatic carbocycles. The zero-order valence-corrected chi connectivity index (χ0v) is 18.8. The predicted octanol–water partition coefficient (Wildman–Crippen LogP) is 4.68. The lowest BCUT2D eigenvalue weighted by Gasteiger charge is -2.27. The summed E-state index contributed by atoms with van der Waals surface area (Å²) in [6.45, 7) is 3.20. The van der Waals surface area contributed by atoms with E-state index in [4.69, 9.17) is 0 Å². The van der Waals surface area contributed by atoms with Gasteiger partial charge in [0.1, 0.15) is 29.6 Å². The van der Waals surface area contributed by atoms with Crippen molar-refractivity contribution in [2.45, 2.75) is 32.4 Å². The monoisotopic (exact) mass is 473 g/mol. The Hall–Kier alpha value is -3.75. The van der Waals surface area contributed by atoms with E-state index < -0.39 is 34.6 Å². The highest BCUT2D eigenvalue weighted by Crippen LogP contribution is 2.30. The number of benzene rings is 2. The highest BCUT2D eigenvalue weighted by molar-refractivity contribution is 5.95. The summed E-state index contributed by atoms with van der Waals surface area (Å²) in [5, 5.41) is 2.55. The van der Waals surface area contributed by atoms with E-state index in [-0.39, 0.29) is 24.2 Å². The van der Waals surface area contributed by atoms with Crippen molar-refractivity contribution in [2.24, 2.45) is 0 Å². The van der Waals surface area contributed by atoms with Gasteiger partial charge in [-0.25, -0.2) is 17.6 Å². The molecule has 5 nitrogen and oxygen atoms in total. The molecule has 0 atom stereocenters. The van der Waals surface area contributed by atoms with E-state index in [0.717, 1.165) is 18.2 Å². The van der Waals surface area contributed by atoms with Crippen molar-refractivity contribution in [3.8, 4) is 0 Å². The zero-order chi connectivity index (χ0) is 25.0. The molecule has 0 saturated carbocycles. The molecule has 0 bridgehead atoms. The number of aldehydes is 1. The van der Waals surface area contributed by atoms with Gasteiger partial charge in [0.05, 0.1) is 22.4 Å². The van der Waals surface area contributed by atoms with Crippen LogP contribution in [0.3, 0.4) is 0 Å². The lowest BCUT2D eigenvalue weighted by atomic mass is 9.88. The number of nitrogens with one attached hydrogen (secondary N) is 1. The molecule has 0 unspecified atom stereocenters. The molecular weight excluding hydrogens is 450 g/mol. The van der Waals surface area contributed by atoms with Crippen molar-refractivity contribution in [1.82, 2.24) is 10.3 Å². The van der Waals surface area contributed by atoms with Gasteiger partial charge in [0.15, 0.2) is 0 Å². The quantitative estimate of drug-likeness (QED) is 0.381. The molecule has 0 aliphatic carbocycles. The second-order valence-corrected chi connectivity index (χ2v) is 8.48. The first-order valence-electron chi connectivity index (χ1n) is 10.4. The van der Waals surface area contributed by atoms with Crippen molar-refractivity contribution in [3.63, 3.8) is 0 Å². The fourth-order valence-corrected chi connectivity index (χ4v) is 3.42. The lowest BCUT2D eigenvalue weighted by molar-refractivity contribution is -0.111. The first-order chi connectivity index (χ1) is 16.0. The van der Waals surface area contributed by atoms with Crippen molar-refractivity contribution in [2.75, 3.05) is 11.9 Å². The van der Waals surface area contributed by atoms with Crippen LogP contribution in [0.5, 0.6) is 0 Å². The van der Waals surface area contributed by atoms with Crippen LogP contribution in [0.15, 0.2) is 48.7 Å². The Morgan fingerprint density at radius 1 is 1.03 bits per heavy atom. The Kier molecular flexibility index (Phi) is 7.34. The van der Waals surface area contributed by atoms with E-state index in [1.54, 1.807) is 25.8 Å². The van der Waals surface area contributed by atoms with Gasteiger partial charge in [0, 0.05) is 44.0 Å². The molecule has 9 heteroatoms. The number of pyridine rings is 1. The fourth-order valence-electron chi connectivity index (χ4n) is 3.42. The number of nitrogens with zero attached hydrogens (tertiary/aromatic N) is 2. The van der Waals surface area contributed by atoms with Gasteiger partial charge in [-0.2, -0.15) is 0 Å². The number of hydrogen-bond donors (Lipinski definition) is 1. The summed E-state index contributed by atoms with van der Waals surface area (Å²) in [5.74, 6) is -3.54. The topological polar surface area (TPSA) is 62.3 Å². The molecular formula is C25H23F4N3O2. The lowest BCUT2D eigenvalue weighted by Crippen LogP contribution is -2.29. The Bertz CT molecular complexity index is 1210. The number of hydrogen-bond acceptors (Lipinski definition) is 4. The molecule has 1 amide bonds. The van der Waals surface area contributed by atoms with Crippen LogP contribution < -0.4 is 10.2 Å². The molecule has 0 saturated heterocycles. The second-order valence-electron chi connectivity index (χ2n) is 8.48. The molecule has 0 aliphatic rings. The molecule has 178 valence electrons. The van der Waals surface area contributed by atoms with E-state index in [1.165, 1.54) is 30.5 Å². The number of carbonyl (C=O) groups is 2. The number of aromatic nitrogens is 1. The van der Waals surface area contributed by atoms with Crippen LogP contribution in [0.25, 0.3) is 0 Å². The van der Waals surface area contributed by atoms with E-state index in [9.17, 15) is 27.2 Å². The minimum absolute atomic E-state index is 0.0736. The molecule has 0 aliphatic heterocycles. The van der Waals surface area contributed by atoms with E-state index in [0.29, 0.717) is 23.2 Å². The Labute approximate surface area is 194 Å². The third-order valence-corrected chi connectivity index (χ3v) is 5.24. The van der Waals surface area contributed by atoms with Crippen molar-refractivity contribution >= 4 is 17.9 Å². The molecule has 1 heterocycles. The number of carbonyl (C=O) groups excluding carboxylic acids is 2. The van der Waals surface area contributed by atoms with Crippen molar-refractivity contribution in [3.05, 3.63) is 94.3 Å². The molecule has 0 spiro atoms. The predicted molar refractivity (Wildman–Crippen MR) is 119 cm³/mol. The van der Waals surface area contributed by atoms with E-state index in [2.05, 4.69) is 10.3 Å². The van der Waals surface area contributed by atoms with Crippen LogP contribution in [0.4, 0.5) is 23.2 Å². The van der Waals surface area contributed by atoms with Crippen LogP contribution in [0.2, 0.25) is 0 Å². The zero-order valence-electron chi connectivity index (χ0n) is 18.8. The Morgan fingerprint density at radius 2 is 1.71 bits per heavy atom. The second kappa shape index (κ2) is 10.0. The molecule has 34 heavy (non-hydrogen) atoms. The van der Waals surface area contributed by atoms with Crippen LogP contribution >= 0.6 is 0 Å². The highest BCUT2D eigenvalue weighted by atomic mass is 19.1. The summed E-state index contributed by atoms with van der Waals surface area (Å²) in [4.78, 5) is 30.3. The summed E-state index contributed by atoms with van der Waals surface area (Å²) in [5.41, 5.74) is 0.331. The standard InChI is InChI=1S/C25H23F4N3O2/c1-25(2,14-33)23-22(32(3)13-15-6-19(27)9-20(28)7-15)8-17(12-30-23)24(34)31-11-16-4-5-18(26)10-21(16)29/h4-10,12,14H,11,13H2,1-3H3,(H,31,34). The number of anilines is 1. The minimum Gasteiger partial charge on any atom is -0.369 e. The number of halogens is 4. The smallest absolute Gasteiger partial charge is 0.253 e. The SMILES string of the molecule is CN(Cc1cc(F)cc(F)c1)c1cc(C(=O)NCc2ccc(F)cc2F)cnc1C(C)(C)C=O. The van der Waals surface area contributed by atoms with Gasteiger partial charge in [-0.1, -0.05) is 6.07 Å². The van der Waals surface area contributed by atoms with Gasteiger partial charge in [0.2, 0.25) is 0 Å². The number of amides is 1. The average Bonchev–Trinajstić information content (AvgIpc) is 2.77. The average molecular weight is 473 g/mol. The molecule has 0 radical (unpaired) electrons. The maximum absolute atomic E-state index is 13.9. The van der Waals surface area contributed by atoms with Gasteiger partial charge in [-0.3, -0.25) is 9.78 Å². The maximum atomic E-state index is 13.9. The molecule has 0 fully saturated rings. The van der Waals surface area contributed by atoms with Crippen LogP contribution in [-0.2, 0) is 23.3 Å². The fraction of sp³-hybridized carbons (Fsp3) is 0.240. The molecule has 1 N–H and O–H groups in total. The summed E-state index contributed by atoms with van der Waals surface area (Å²) >= 11 is 0. The van der Waals surface area contributed by atoms with Gasteiger partial charge in [0.25, 0.3) is 5.91 Å². The summed E-state index contributed by atoms with van der Waals surface area (Å²) in [6.07, 6.45) is 2.00. The largest absolute Gasteiger partial charge is 0.369 e. The third kappa shape index (κ3) is 5.78. The van der Waals surface area contributed by atoms with Gasteiger partial charge in [-0.05, 0) is 43.7 Å². The maximum Gasteiger partial charge on any atom is 0.253 e. The third-order valence-electron chi connectivity index (χ3n) is 5.24. The Balaban J connectivity index is 1.90. The highest BCUT2D eigenvalue weighted by Gasteiger charge is 2.27. The normalized spacial score (nSPS) is 11.3. The van der Waals surface area contributed by atoms with Crippen molar-refractivity contribution < 1.29 is 27.2 Å². The van der Waals surface area contributed by atoms with Crippen molar-refractivity contribution in [1.29, 1.82) is 0 Å². The van der Waals surface area contributed by atoms with Gasteiger partial charge < -0.3 is 15.0 Å². The summed E-state index contributed by atoms with van der Waals surface area (Å²) < 4.78 is 54.2. The molecule has 3 aromatic rings. The Morgan fingerprint density at radius 3 is 2.32 bits per heavy atom. The van der Waals surface area contributed by atoms with Crippen LogP contribution in [0, 0.1) is 23.3 Å². The number of rotatable bonds is 8. The van der Waals surface area contributed by atoms with Crippen LogP contribution in [0.1, 0.15) is 41.0 Å². The minimum atomic E-state index is -1.01. The van der Waals surface area contributed by atoms with E-state index in [1.807, 2.05) is 0 Å². The first-order valence-corrected chi connectivity index (χ1v) is 10.4. The molecule has 1 aromatic heterocycles. The first kappa shape index (κ1) is 24.9. The summed E-state index contributed by atoms with van der Waals surface area (Å²) in [7, 11) is 1.64.